The van der Waals surface area contributed by atoms with E-state index in [0.29, 0.717) is 23.4 Å². The van der Waals surface area contributed by atoms with E-state index in [9.17, 15) is 9.59 Å². The number of para-hydroxylation sites is 1. The molecule has 0 spiro atoms. The number of hydrogen-bond acceptors (Lipinski definition) is 3. The van der Waals surface area contributed by atoms with Crippen LogP contribution in [0.1, 0.15) is 11.1 Å². The largest absolute Gasteiger partial charge is 0.482 e. The van der Waals surface area contributed by atoms with Gasteiger partial charge < -0.3 is 15.0 Å². The molecule has 2 N–H and O–H groups in total. The van der Waals surface area contributed by atoms with E-state index in [1.807, 2.05) is 48.5 Å². The number of H-pyrrole nitrogens is 1. The zero-order valence-electron chi connectivity index (χ0n) is 12.3. The van der Waals surface area contributed by atoms with Gasteiger partial charge >= 0.3 is 0 Å². The van der Waals surface area contributed by atoms with Crippen LogP contribution in [0.25, 0.3) is 10.9 Å². The van der Waals surface area contributed by atoms with Crippen LogP contribution in [0.4, 0.5) is 5.69 Å². The van der Waals surface area contributed by atoms with Gasteiger partial charge in [0.15, 0.2) is 6.61 Å². The van der Waals surface area contributed by atoms with Crippen molar-refractivity contribution in [3.8, 4) is 5.75 Å². The highest BCUT2D eigenvalue weighted by Crippen LogP contribution is 2.29. The first kappa shape index (κ1) is 13.6. The summed E-state index contributed by atoms with van der Waals surface area (Å²) in [6.07, 6.45) is 0.489. The normalized spacial score (nSPS) is 13.3. The number of carbonyl (C=O) groups excluding carboxylic acids is 1. The fourth-order valence-electron chi connectivity index (χ4n) is 2.78. The molecule has 3 aromatic rings. The number of nitrogens with one attached hydrogen (secondary N) is 2. The minimum Gasteiger partial charge on any atom is -0.482 e. The number of carbonyl (C=O) groups is 1. The monoisotopic (exact) mass is 306 g/mol. The molecule has 5 nitrogen and oxygen atoms in total. The number of hydrogen-bond donors (Lipinski definition) is 2. The number of rotatable bonds is 2. The maximum atomic E-state index is 12.2. The second-order valence-corrected chi connectivity index (χ2v) is 5.56. The van der Waals surface area contributed by atoms with Gasteiger partial charge in [0, 0.05) is 17.5 Å². The smallest absolute Gasteiger partial charge is 0.262 e. The zero-order valence-corrected chi connectivity index (χ0v) is 12.3. The summed E-state index contributed by atoms with van der Waals surface area (Å²) in [5.41, 5.74) is 3.01. The van der Waals surface area contributed by atoms with Gasteiger partial charge in [-0.25, -0.2) is 0 Å². The van der Waals surface area contributed by atoms with E-state index in [0.717, 1.165) is 16.5 Å². The topological polar surface area (TPSA) is 71.2 Å². The van der Waals surface area contributed by atoms with Crippen molar-refractivity contribution in [1.82, 2.24) is 4.98 Å². The summed E-state index contributed by atoms with van der Waals surface area (Å²) in [4.78, 5) is 26.5. The van der Waals surface area contributed by atoms with Crippen molar-refractivity contribution >= 4 is 22.5 Å². The van der Waals surface area contributed by atoms with Gasteiger partial charge in [-0.1, -0.05) is 24.3 Å². The van der Waals surface area contributed by atoms with E-state index in [1.54, 1.807) is 0 Å². The molecule has 0 radical (unpaired) electrons. The Hall–Kier alpha value is -3.08. The highest BCUT2D eigenvalue weighted by molar-refractivity contribution is 5.95. The van der Waals surface area contributed by atoms with Gasteiger partial charge in [0.05, 0.1) is 5.69 Å². The second-order valence-electron chi connectivity index (χ2n) is 5.56. The first-order valence-corrected chi connectivity index (χ1v) is 7.35. The van der Waals surface area contributed by atoms with Gasteiger partial charge in [0.2, 0.25) is 0 Å². The molecule has 2 heterocycles. The molecule has 2 aromatic carbocycles. The summed E-state index contributed by atoms with van der Waals surface area (Å²) < 4.78 is 5.34. The SMILES string of the molecule is O=C1COc2ccc(Cc3cc4ccccc4[nH]c3=O)cc2N1. The molecule has 23 heavy (non-hydrogen) atoms. The minimum atomic E-state index is -0.168. The molecule has 1 amide bonds. The fourth-order valence-corrected chi connectivity index (χ4v) is 2.78. The first-order chi connectivity index (χ1) is 11.2. The lowest BCUT2D eigenvalue weighted by molar-refractivity contribution is -0.118. The number of aromatic amines is 1. The van der Waals surface area contributed by atoms with E-state index in [-0.39, 0.29) is 18.1 Å². The molecule has 5 heteroatoms. The van der Waals surface area contributed by atoms with Crippen molar-refractivity contribution < 1.29 is 9.53 Å². The van der Waals surface area contributed by atoms with Crippen LogP contribution in [-0.4, -0.2) is 17.5 Å². The number of amides is 1. The third kappa shape index (κ3) is 2.57. The summed E-state index contributed by atoms with van der Waals surface area (Å²) >= 11 is 0. The van der Waals surface area contributed by atoms with Crippen LogP contribution < -0.4 is 15.6 Å². The molecule has 0 atom stereocenters. The van der Waals surface area contributed by atoms with Crippen LogP contribution in [-0.2, 0) is 11.2 Å². The average molecular weight is 306 g/mol. The fraction of sp³-hybridized carbons (Fsp3) is 0.111. The molecule has 0 saturated heterocycles. The molecule has 114 valence electrons. The van der Waals surface area contributed by atoms with Crippen LogP contribution in [0.5, 0.6) is 5.75 Å². The molecule has 0 aliphatic carbocycles. The van der Waals surface area contributed by atoms with Crippen molar-refractivity contribution in [2.75, 3.05) is 11.9 Å². The molecule has 0 unspecified atom stereocenters. The van der Waals surface area contributed by atoms with Crippen LogP contribution in [0.3, 0.4) is 0 Å². The Labute approximate surface area is 131 Å². The molecule has 0 saturated carbocycles. The Balaban J connectivity index is 1.71. The quantitative estimate of drug-likeness (QED) is 0.764. The second kappa shape index (κ2) is 5.28. The van der Waals surface area contributed by atoms with Gasteiger partial charge in [0.25, 0.3) is 11.5 Å². The van der Waals surface area contributed by atoms with Crippen LogP contribution >= 0.6 is 0 Å². The molecule has 4 rings (SSSR count). The molecule has 0 bridgehead atoms. The highest BCUT2D eigenvalue weighted by atomic mass is 16.5. The number of fused-ring (bicyclic) bond motifs is 2. The number of benzene rings is 2. The molecular weight excluding hydrogens is 292 g/mol. The lowest BCUT2D eigenvalue weighted by atomic mass is 10.0. The molecule has 1 aliphatic heterocycles. The van der Waals surface area contributed by atoms with E-state index in [4.69, 9.17) is 4.74 Å². The number of aromatic nitrogens is 1. The summed E-state index contributed by atoms with van der Waals surface area (Å²) in [6.45, 7) is 0.0384. The average Bonchev–Trinajstić information content (AvgIpc) is 2.55. The lowest BCUT2D eigenvalue weighted by Gasteiger charge is -2.18. The van der Waals surface area contributed by atoms with Gasteiger partial charge in [-0.15, -0.1) is 0 Å². The number of anilines is 1. The number of ether oxygens (including phenoxy) is 1. The molecule has 1 aromatic heterocycles. The standard InChI is InChI=1S/C18H14N2O3/c21-17-10-23-16-6-5-11(8-15(16)19-17)7-13-9-12-3-1-2-4-14(12)20-18(13)22/h1-6,8-9H,7,10H2,(H,19,21)(H,20,22). The van der Waals surface area contributed by atoms with Crippen LogP contribution in [0, 0.1) is 0 Å². The highest BCUT2D eigenvalue weighted by Gasteiger charge is 2.16. The van der Waals surface area contributed by atoms with Crippen molar-refractivity contribution in [2.24, 2.45) is 0 Å². The predicted octanol–water partition coefficient (Wildman–Crippen LogP) is 2.45. The minimum absolute atomic E-state index is 0.0384. The first-order valence-electron chi connectivity index (χ1n) is 7.35. The van der Waals surface area contributed by atoms with Crippen LogP contribution in [0.15, 0.2) is 53.3 Å². The van der Waals surface area contributed by atoms with Crippen molar-refractivity contribution in [2.45, 2.75) is 6.42 Å². The molecule has 0 fully saturated rings. The van der Waals surface area contributed by atoms with Crippen molar-refractivity contribution in [3.63, 3.8) is 0 Å². The van der Waals surface area contributed by atoms with E-state index >= 15 is 0 Å². The Morgan fingerprint density at radius 3 is 2.83 bits per heavy atom. The summed E-state index contributed by atoms with van der Waals surface area (Å²) in [6, 6.07) is 15.2. The Kier molecular flexibility index (Phi) is 3.12. The predicted molar refractivity (Wildman–Crippen MR) is 87.9 cm³/mol. The van der Waals surface area contributed by atoms with Gasteiger partial charge in [-0.3, -0.25) is 9.59 Å². The molecular formula is C18H14N2O3. The summed E-state index contributed by atoms with van der Waals surface area (Å²) in [7, 11) is 0. The third-order valence-corrected chi connectivity index (χ3v) is 3.90. The van der Waals surface area contributed by atoms with E-state index in [1.165, 1.54) is 0 Å². The summed E-state index contributed by atoms with van der Waals surface area (Å²) in [5.74, 6) is 0.485. The summed E-state index contributed by atoms with van der Waals surface area (Å²) in [5, 5.41) is 3.78. The van der Waals surface area contributed by atoms with Gasteiger partial charge in [-0.2, -0.15) is 0 Å². The maximum Gasteiger partial charge on any atom is 0.262 e. The maximum absolute atomic E-state index is 12.2. The van der Waals surface area contributed by atoms with Gasteiger partial charge in [-0.05, 0) is 35.2 Å². The Morgan fingerprint density at radius 1 is 1.04 bits per heavy atom. The van der Waals surface area contributed by atoms with Crippen LogP contribution in [0.2, 0.25) is 0 Å². The van der Waals surface area contributed by atoms with Crippen molar-refractivity contribution in [3.05, 3.63) is 70.0 Å². The lowest BCUT2D eigenvalue weighted by Crippen LogP contribution is -2.25. The Bertz CT molecular complexity index is 975. The Morgan fingerprint density at radius 2 is 1.91 bits per heavy atom. The van der Waals surface area contributed by atoms with E-state index < -0.39 is 0 Å². The van der Waals surface area contributed by atoms with Crippen molar-refractivity contribution in [1.29, 1.82) is 0 Å². The van der Waals surface area contributed by atoms with Gasteiger partial charge in [0.1, 0.15) is 5.75 Å². The number of pyridine rings is 1. The zero-order chi connectivity index (χ0) is 15.8. The third-order valence-electron chi connectivity index (χ3n) is 3.90. The molecule has 1 aliphatic rings. The van der Waals surface area contributed by atoms with E-state index in [2.05, 4.69) is 10.3 Å².